The van der Waals surface area contributed by atoms with Gasteiger partial charge in [-0.2, -0.15) is 0 Å². The minimum atomic E-state index is -2.85. The van der Waals surface area contributed by atoms with Crippen LogP contribution in [0.4, 0.5) is 14.6 Å². The van der Waals surface area contributed by atoms with Crippen LogP contribution in [0, 0.1) is 0 Å². The van der Waals surface area contributed by atoms with Crippen LogP contribution in [0.5, 0.6) is 0 Å². The molecule has 0 aliphatic carbocycles. The van der Waals surface area contributed by atoms with Crippen molar-refractivity contribution in [1.82, 2.24) is 10.3 Å². The van der Waals surface area contributed by atoms with Gasteiger partial charge in [0.05, 0.1) is 25.3 Å². The monoisotopic (exact) mass is 271 g/mol. The third kappa shape index (κ3) is 3.17. The van der Waals surface area contributed by atoms with Gasteiger partial charge in [0.1, 0.15) is 5.82 Å². The lowest BCUT2D eigenvalue weighted by atomic mass is 10.0. The molecule has 0 bridgehead atoms. The number of esters is 1. The van der Waals surface area contributed by atoms with Gasteiger partial charge in [-0.05, 0) is 25.1 Å². The van der Waals surface area contributed by atoms with Gasteiger partial charge in [0, 0.05) is 6.20 Å². The van der Waals surface area contributed by atoms with Gasteiger partial charge in [0.25, 0.3) is 5.92 Å². The van der Waals surface area contributed by atoms with E-state index in [0.29, 0.717) is 6.54 Å². The first-order chi connectivity index (χ1) is 9.03. The molecule has 1 aliphatic rings. The molecule has 19 heavy (non-hydrogen) atoms. The second-order valence-corrected chi connectivity index (χ2v) is 4.34. The van der Waals surface area contributed by atoms with Crippen LogP contribution in [0.3, 0.4) is 0 Å². The number of pyridine rings is 1. The van der Waals surface area contributed by atoms with Gasteiger partial charge in [0.15, 0.2) is 0 Å². The molecular weight excluding hydrogens is 256 g/mol. The largest absolute Gasteiger partial charge is 0.465 e. The van der Waals surface area contributed by atoms with Gasteiger partial charge < -0.3 is 15.4 Å². The van der Waals surface area contributed by atoms with E-state index in [2.05, 4.69) is 20.4 Å². The number of anilines is 1. The lowest BCUT2D eigenvalue weighted by Gasteiger charge is -2.32. The Bertz CT molecular complexity index is 468. The number of carbonyl (C=O) groups excluding carboxylic acids is 1. The molecule has 2 rings (SSSR count). The molecule has 0 spiro atoms. The van der Waals surface area contributed by atoms with E-state index < -0.39 is 17.9 Å². The van der Waals surface area contributed by atoms with Crippen molar-refractivity contribution in [1.29, 1.82) is 0 Å². The molecule has 7 heteroatoms. The molecule has 2 N–H and O–H groups in total. The number of nitrogens with one attached hydrogen (secondary N) is 2. The fourth-order valence-electron chi connectivity index (χ4n) is 1.95. The maximum atomic E-state index is 13.6. The van der Waals surface area contributed by atoms with E-state index in [0.717, 1.165) is 0 Å². The van der Waals surface area contributed by atoms with E-state index in [1.54, 1.807) is 0 Å². The summed E-state index contributed by atoms with van der Waals surface area (Å²) < 4.78 is 31.8. The Balaban J connectivity index is 2.12. The average Bonchev–Trinajstić information content (AvgIpc) is 2.40. The molecule has 1 aliphatic heterocycles. The van der Waals surface area contributed by atoms with Gasteiger partial charge in [-0.1, -0.05) is 0 Å². The molecular formula is C12H15F2N3O2. The fourth-order valence-corrected chi connectivity index (χ4v) is 1.95. The van der Waals surface area contributed by atoms with Crippen LogP contribution in [0.1, 0.15) is 16.8 Å². The summed E-state index contributed by atoms with van der Waals surface area (Å²) in [7, 11) is 1.26. The van der Waals surface area contributed by atoms with Crippen molar-refractivity contribution in [2.75, 3.05) is 25.5 Å². The summed E-state index contributed by atoms with van der Waals surface area (Å²) in [5, 5.41) is 5.33. The number of methoxy groups -OCH3 is 1. The quantitative estimate of drug-likeness (QED) is 0.811. The summed E-state index contributed by atoms with van der Waals surface area (Å²) in [5.74, 6) is -3.13. The van der Waals surface area contributed by atoms with E-state index in [-0.39, 0.29) is 24.3 Å². The zero-order valence-corrected chi connectivity index (χ0v) is 10.5. The molecule has 2 heterocycles. The van der Waals surface area contributed by atoms with Crippen molar-refractivity contribution in [2.24, 2.45) is 0 Å². The molecule has 1 atom stereocenters. The van der Waals surface area contributed by atoms with Crippen LogP contribution in [0.15, 0.2) is 18.3 Å². The molecule has 0 radical (unpaired) electrons. The van der Waals surface area contributed by atoms with Crippen molar-refractivity contribution in [2.45, 2.75) is 18.4 Å². The highest BCUT2D eigenvalue weighted by Gasteiger charge is 2.41. The van der Waals surface area contributed by atoms with Crippen molar-refractivity contribution in [3.63, 3.8) is 0 Å². The fraction of sp³-hybridized carbons (Fsp3) is 0.500. The first kappa shape index (κ1) is 13.7. The molecule has 0 aromatic carbocycles. The van der Waals surface area contributed by atoms with Gasteiger partial charge in [0.2, 0.25) is 0 Å². The standard InChI is InChI=1S/C12H15F2N3O2/c1-19-11(18)8-2-5-16-10(6-8)17-9-3-4-15-7-12(9,13)14/h2,5-6,9,15H,3-4,7H2,1H3,(H,16,17). The molecule has 5 nitrogen and oxygen atoms in total. The zero-order chi connectivity index (χ0) is 13.9. The second-order valence-electron chi connectivity index (χ2n) is 4.34. The maximum Gasteiger partial charge on any atom is 0.338 e. The number of piperidine rings is 1. The van der Waals surface area contributed by atoms with Gasteiger partial charge in [-0.3, -0.25) is 0 Å². The number of halogens is 2. The first-order valence-corrected chi connectivity index (χ1v) is 5.92. The number of hydrogen-bond acceptors (Lipinski definition) is 5. The lowest BCUT2D eigenvalue weighted by molar-refractivity contribution is -0.0322. The van der Waals surface area contributed by atoms with Crippen molar-refractivity contribution in [3.8, 4) is 0 Å². The summed E-state index contributed by atoms with van der Waals surface area (Å²) in [6.45, 7) is 0.158. The van der Waals surface area contributed by atoms with E-state index in [4.69, 9.17) is 0 Å². The topological polar surface area (TPSA) is 63.2 Å². The van der Waals surface area contributed by atoms with Crippen LogP contribution in [-0.2, 0) is 4.74 Å². The summed E-state index contributed by atoms with van der Waals surface area (Å²) >= 11 is 0. The number of ether oxygens (including phenoxy) is 1. The number of nitrogens with zero attached hydrogens (tertiary/aromatic N) is 1. The summed E-state index contributed by atoms with van der Waals surface area (Å²) in [4.78, 5) is 15.3. The second kappa shape index (κ2) is 5.48. The minimum absolute atomic E-state index is 0.245. The third-order valence-corrected chi connectivity index (χ3v) is 2.98. The maximum absolute atomic E-state index is 13.6. The molecule has 104 valence electrons. The first-order valence-electron chi connectivity index (χ1n) is 5.92. The number of alkyl halides is 2. The Labute approximate surface area is 109 Å². The molecule has 1 unspecified atom stereocenters. The lowest BCUT2D eigenvalue weighted by Crippen LogP contribution is -2.52. The van der Waals surface area contributed by atoms with Crippen molar-refractivity contribution in [3.05, 3.63) is 23.9 Å². The zero-order valence-electron chi connectivity index (χ0n) is 10.5. The summed E-state index contributed by atoms with van der Waals surface area (Å²) in [6, 6.07) is 1.88. The van der Waals surface area contributed by atoms with E-state index >= 15 is 0 Å². The van der Waals surface area contributed by atoms with Crippen molar-refractivity contribution < 1.29 is 18.3 Å². The summed E-state index contributed by atoms with van der Waals surface area (Å²) in [5.41, 5.74) is 0.275. The van der Waals surface area contributed by atoms with Crippen molar-refractivity contribution >= 4 is 11.8 Å². The van der Waals surface area contributed by atoms with Crippen LogP contribution in [0.25, 0.3) is 0 Å². The van der Waals surface area contributed by atoms with Gasteiger partial charge in [-0.15, -0.1) is 0 Å². The number of rotatable bonds is 3. The molecule has 0 saturated carbocycles. The number of aromatic nitrogens is 1. The Kier molecular flexibility index (Phi) is 3.94. The van der Waals surface area contributed by atoms with Crippen LogP contribution < -0.4 is 10.6 Å². The van der Waals surface area contributed by atoms with E-state index in [1.807, 2.05) is 0 Å². The number of carbonyl (C=O) groups is 1. The Morgan fingerprint density at radius 2 is 2.42 bits per heavy atom. The molecule has 1 aromatic rings. The average molecular weight is 271 g/mol. The van der Waals surface area contributed by atoms with Crippen LogP contribution in [-0.4, -0.2) is 43.1 Å². The highest BCUT2D eigenvalue weighted by atomic mass is 19.3. The Morgan fingerprint density at radius 3 is 3.11 bits per heavy atom. The normalized spacial score (nSPS) is 21.7. The predicted molar refractivity (Wildman–Crippen MR) is 65.4 cm³/mol. The summed E-state index contributed by atoms with van der Waals surface area (Å²) in [6.07, 6.45) is 1.67. The Hall–Kier alpha value is -1.76. The Morgan fingerprint density at radius 1 is 1.63 bits per heavy atom. The number of hydrogen-bond donors (Lipinski definition) is 2. The highest BCUT2D eigenvalue weighted by Crippen LogP contribution is 2.26. The SMILES string of the molecule is COC(=O)c1ccnc(NC2CCNCC2(F)F)c1. The van der Waals surface area contributed by atoms with E-state index in [9.17, 15) is 13.6 Å². The van der Waals surface area contributed by atoms with Crippen LogP contribution in [0.2, 0.25) is 0 Å². The smallest absolute Gasteiger partial charge is 0.338 e. The van der Waals surface area contributed by atoms with Gasteiger partial charge >= 0.3 is 5.97 Å². The minimum Gasteiger partial charge on any atom is -0.465 e. The van der Waals surface area contributed by atoms with E-state index in [1.165, 1.54) is 25.4 Å². The predicted octanol–water partition coefficient (Wildman–Crippen LogP) is 1.28. The van der Waals surface area contributed by atoms with Crippen LogP contribution >= 0.6 is 0 Å². The highest BCUT2D eigenvalue weighted by molar-refractivity contribution is 5.89. The molecule has 1 fully saturated rings. The molecule has 0 amide bonds. The molecule has 1 saturated heterocycles. The van der Waals surface area contributed by atoms with Gasteiger partial charge in [-0.25, -0.2) is 18.6 Å². The molecule has 1 aromatic heterocycles. The third-order valence-electron chi connectivity index (χ3n) is 2.98.